The molecular formula is C27H57N2+. The standard InChI is InChI=1S/C27H57N2/c1-9-11-15-27(5)16-12-13-26(27)20-25(23(4)18-22(3)21-28)19-24(10-2)14-17-29(6,7)8/h22-26H,9-21,28H2,1-8H3/q+1. The minimum Gasteiger partial charge on any atom is -0.331 e. The Morgan fingerprint density at radius 2 is 1.79 bits per heavy atom. The molecular weight excluding hydrogens is 352 g/mol. The summed E-state index contributed by atoms with van der Waals surface area (Å²) in [5, 5.41) is 0. The molecule has 1 saturated carbocycles. The molecule has 2 N–H and O–H groups in total. The van der Waals surface area contributed by atoms with E-state index in [0.29, 0.717) is 11.3 Å². The molecule has 0 amide bonds. The van der Waals surface area contributed by atoms with Crippen molar-refractivity contribution in [3.8, 4) is 0 Å². The SMILES string of the molecule is CCCCC1(C)CCCC1CC(CC(CC)CC[N+](C)(C)C)C(C)CC(C)CN. The van der Waals surface area contributed by atoms with Crippen LogP contribution in [0, 0.1) is 35.0 Å². The van der Waals surface area contributed by atoms with Crippen LogP contribution >= 0.6 is 0 Å². The summed E-state index contributed by atoms with van der Waals surface area (Å²) in [6, 6.07) is 0. The third-order valence-electron chi connectivity index (χ3n) is 8.38. The van der Waals surface area contributed by atoms with Crippen LogP contribution in [0.1, 0.15) is 105 Å². The van der Waals surface area contributed by atoms with Gasteiger partial charge in [0, 0.05) is 0 Å². The predicted molar refractivity (Wildman–Crippen MR) is 131 cm³/mol. The van der Waals surface area contributed by atoms with Crippen LogP contribution in [0.25, 0.3) is 0 Å². The molecule has 0 aliphatic heterocycles. The Kier molecular flexibility index (Phi) is 11.8. The molecule has 6 atom stereocenters. The summed E-state index contributed by atoms with van der Waals surface area (Å²) >= 11 is 0. The third-order valence-corrected chi connectivity index (χ3v) is 8.38. The average molecular weight is 410 g/mol. The Bertz CT molecular complexity index is 427. The van der Waals surface area contributed by atoms with Crippen molar-refractivity contribution < 1.29 is 4.48 Å². The first-order valence-electron chi connectivity index (χ1n) is 13.0. The summed E-state index contributed by atoms with van der Waals surface area (Å²) in [7, 11) is 7.02. The molecule has 0 saturated heterocycles. The van der Waals surface area contributed by atoms with E-state index in [9.17, 15) is 0 Å². The van der Waals surface area contributed by atoms with Gasteiger partial charge in [0.1, 0.15) is 0 Å². The Balaban J connectivity index is 2.86. The van der Waals surface area contributed by atoms with Crippen molar-refractivity contribution in [2.24, 2.45) is 40.7 Å². The van der Waals surface area contributed by atoms with E-state index in [-0.39, 0.29) is 0 Å². The first kappa shape index (κ1) is 27.0. The molecule has 174 valence electrons. The highest BCUT2D eigenvalue weighted by molar-refractivity contribution is 4.90. The molecule has 0 bridgehead atoms. The van der Waals surface area contributed by atoms with Crippen LogP contribution in [-0.2, 0) is 0 Å². The first-order chi connectivity index (χ1) is 13.5. The highest BCUT2D eigenvalue weighted by Crippen LogP contribution is 2.51. The maximum atomic E-state index is 6.00. The van der Waals surface area contributed by atoms with Crippen LogP contribution < -0.4 is 5.73 Å². The van der Waals surface area contributed by atoms with Crippen molar-refractivity contribution in [1.82, 2.24) is 0 Å². The minimum atomic E-state index is 0.609. The molecule has 0 heterocycles. The van der Waals surface area contributed by atoms with Crippen LogP contribution in [0.3, 0.4) is 0 Å². The van der Waals surface area contributed by atoms with E-state index in [1.165, 1.54) is 77.2 Å². The monoisotopic (exact) mass is 409 g/mol. The van der Waals surface area contributed by atoms with E-state index in [4.69, 9.17) is 5.73 Å². The quantitative estimate of drug-likeness (QED) is 0.286. The number of hydrogen-bond donors (Lipinski definition) is 1. The Morgan fingerprint density at radius 3 is 2.34 bits per heavy atom. The Labute approximate surface area is 185 Å². The lowest BCUT2D eigenvalue weighted by molar-refractivity contribution is -0.871. The van der Waals surface area contributed by atoms with Crippen LogP contribution in [0.5, 0.6) is 0 Å². The van der Waals surface area contributed by atoms with Gasteiger partial charge in [0.05, 0.1) is 27.7 Å². The molecule has 0 radical (unpaired) electrons. The zero-order valence-corrected chi connectivity index (χ0v) is 21.6. The van der Waals surface area contributed by atoms with Gasteiger partial charge in [0.2, 0.25) is 0 Å². The fourth-order valence-corrected chi connectivity index (χ4v) is 5.95. The largest absolute Gasteiger partial charge is 0.331 e. The molecule has 0 aromatic rings. The van der Waals surface area contributed by atoms with Crippen molar-refractivity contribution in [1.29, 1.82) is 0 Å². The van der Waals surface area contributed by atoms with Crippen molar-refractivity contribution in [2.45, 2.75) is 105 Å². The van der Waals surface area contributed by atoms with Gasteiger partial charge >= 0.3 is 0 Å². The fraction of sp³-hybridized carbons (Fsp3) is 1.00. The summed E-state index contributed by atoms with van der Waals surface area (Å²) in [5.41, 5.74) is 6.61. The van der Waals surface area contributed by atoms with E-state index < -0.39 is 0 Å². The second-order valence-corrected chi connectivity index (χ2v) is 12.2. The van der Waals surface area contributed by atoms with E-state index in [2.05, 4.69) is 55.8 Å². The molecule has 29 heavy (non-hydrogen) atoms. The number of nitrogens with two attached hydrogens (primary N) is 1. The third kappa shape index (κ3) is 9.72. The van der Waals surface area contributed by atoms with Crippen LogP contribution in [0.4, 0.5) is 0 Å². The van der Waals surface area contributed by atoms with E-state index >= 15 is 0 Å². The molecule has 1 aliphatic carbocycles. The molecule has 0 aromatic carbocycles. The number of unbranched alkanes of at least 4 members (excludes halogenated alkanes) is 1. The normalized spacial score (nSPS) is 27.0. The van der Waals surface area contributed by atoms with Gasteiger partial charge in [-0.05, 0) is 86.5 Å². The molecule has 1 fully saturated rings. The van der Waals surface area contributed by atoms with E-state index in [1.54, 1.807) is 0 Å². The number of rotatable bonds is 15. The van der Waals surface area contributed by atoms with Crippen molar-refractivity contribution >= 4 is 0 Å². The zero-order chi connectivity index (χ0) is 22.1. The number of nitrogens with zero attached hydrogens (tertiary/aromatic N) is 1. The summed E-state index contributed by atoms with van der Waals surface area (Å²) in [6.45, 7) is 14.4. The second-order valence-electron chi connectivity index (χ2n) is 12.2. The fourth-order valence-electron chi connectivity index (χ4n) is 5.95. The smallest absolute Gasteiger partial charge is 0.0783 e. The Morgan fingerprint density at radius 1 is 1.10 bits per heavy atom. The number of quaternary nitrogens is 1. The summed E-state index contributed by atoms with van der Waals surface area (Å²) in [4.78, 5) is 0. The summed E-state index contributed by atoms with van der Waals surface area (Å²) in [6.07, 6.45) is 15.6. The van der Waals surface area contributed by atoms with Gasteiger partial charge in [-0.3, -0.25) is 0 Å². The van der Waals surface area contributed by atoms with Crippen LogP contribution in [-0.4, -0.2) is 38.7 Å². The average Bonchev–Trinajstić information content (AvgIpc) is 3.02. The number of hydrogen-bond acceptors (Lipinski definition) is 1. The summed E-state index contributed by atoms with van der Waals surface area (Å²) < 4.78 is 1.10. The first-order valence-corrected chi connectivity index (χ1v) is 13.0. The van der Waals surface area contributed by atoms with Crippen molar-refractivity contribution in [3.63, 3.8) is 0 Å². The second kappa shape index (κ2) is 12.7. The maximum Gasteiger partial charge on any atom is 0.0783 e. The van der Waals surface area contributed by atoms with Crippen LogP contribution in [0.15, 0.2) is 0 Å². The zero-order valence-electron chi connectivity index (χ0n) is 21.6. The molecule has 6 unspecified atom stereocenters. The lowest BCUT2D eigenvalue weighted by atomic mass is 9.68. The van der Waals surface area contributed by atoms with Crippen LogP contribution in [0.2, 0.25) is 0 Å². The molecule has 2 heteroatoms. The molecule has 0 spiro atoms. The van der Waals surface area contributed by atoms with E-state index in [1.807, 2.05) is 0 Å². The topological polar surface area (TPSA) is 26.0 Å². The summed E-state index contributed by atoms with van der Waals surface area (Å²) in [5.74, 6) is 4.18. The Hall–Kier alpha value is -0.0800. The van der Waals surface area contributed by atoms with Gasteiger partial charge in [-0.1, -0.05) is 60.3 Å². The van der Waals surface area contributed by atoms with Crippen molar-refractivity contribution in [2.75, 3.05) is 34.2 Å². The van der Waals surface area contributed by atoms with Gasteiger partial charge in [-0.25, -0.2) is 0 Å². The molecule has 1 rings (SSSR count). The van der Waals surface area contributed by atoms with Gasteiger partial charge in [-0.2, -0.15) is 0 Å². The molecule has 2 nitrogen and oxygen atoms in total. The van der Waals surface area contributed by atoms with Gasteiger partial charge in [0.25, 0.3) is 0 Å². The van der Waals surface area contributed by atoms with Crippen molar-refractivity contribution in [3.05, 3.63) is 0 Å². The lowest BCUT2D eigenvalue weighted by Crippen LogP contribution is -2.36. The molecule has 1 aliphatic rings. The van der Waals surface area contributed by atoms with E-state index in [0.717, 1.165) is 34.7 Å². The van der Waals surface area contributed by atoms with Gasteiger partial charge in [-0.15, -0.1) is 0 Å². The highest BCUT2D eigenvalue weighted by Gasteiger charge is 2.40. The highest BCUT2D eigenvalue weighted by atomic mass is 15.3. The van der Waals surface area contributed by atoms with Gasteiger partial charge < -0.3 is 10.2 Å². The molecule has 0 aromatic heterocycles. The van der Waals surface area contributed by atoms with Gasteiger partial charge in [0.15, 0.2) is 0 Å². The maximum absolute atomic E-state index is 6.00. The lowest BCUT2D eigenvalue weighted by Gasteiger charge is -2.38. The predicted octanol–water partition coefficient (Wildman–Crippen LogP) is 7.12. The minimum absolute atomic E-state index is 0.609.